The molecular formula is C61H64N4O8S4. The Labute approximate surface area is 468 Å². The highest BCUT2D eigenvalue weighted by Gasteiger charge is 2.66. The van der Waals surface area contributed by atoms with Gasteiger partial charge in [-0.25, -0.2) is 0 Å². The minimum Gasteiger partial charge on any atom is -0.497 e. The fourth-order valence-corrected chi connectivity index (χ4v) is 18.2. The number of ether oxygens (including phenoxy) is 4. The minimum atomic E-state index is -1.28. The topological polar surface area (TPSA) is 118 Å². The average molecular weight is 1110 g/mol. The highest BCUT2D eigenvalue weighted by Crippen LogP contribution is 2.61. The molecule has 0 spiro atoms. The summed E-state index contributed by atoms with van der Waals surface area (Å²) in [5.74, 6) is 0.963. The number of likely N-dealkylation sites (N-methyl/N-ethyl adjacent to an activating group) is 4. The van der Waals surface area contributed by atoms with Gasteiger partial charge in [0, 0.05) is 41.0 Å². The third kappa shape index (κ3) is 10.9. The van der Waals surface area contributed by atoms with E-state index in [9.17, 15) is 14.4 Å². The summed E-state index contributed by atoms with van der Waals surface area (Å²) < 4.78 is 23.0. The lowest BCUT2D eigenvalue weighted by atomic mass is 9.96. The van der Waals surface area contributed by atoms with Crippen molar-refractivity contribution < 1.29 is 38.1 Å². The van der Waals surface area contributed by atoms with Gasteiger partial charge in [0.25, 0.3) is 17.7 Å². The fraction of sp³-hybridized carbons (Fsp3) is 0.344. The van der Waals surface area contributed by atoms with E-state index < -0.39 is 25.9 Å². The van der Waals surface area contributed by atoms with Crippen LogP contribution in [0.5, 0.6) is 11.5 Å². The Morgan fingerprint density at radius 1 is 0.455 bits per heavy atom. The molecule has 7 unspecified atom stereocenters. The monoisotopic (exact) mass is 1110 g/mol. The van der Waals surface area contributed by atoms with E-state index in [0.29, 0.717) is 26.1 Å². The van der Waals surface area contributed by atoms with Crippen molar-refractivity contribution in [2.75, 3.05) is 55.6 Å². The molecule has 400 valence electrons. The van der Waals surface area contributed by atoms with E-state index in [-0.39, 0.29) is 46.0 Å². The van der Waals surface area contributed by atoms with Gasteiger partial charge in [0.2, 0.25) is 5.91 Å². The lowest BCUT2D eigenvalue weighted by Gasteiger charge is -2.51. The molecule has 7 atom stereocenters. The molecule has 12 nitrogen and oxygen atoms in total. The molecule has 0 N–H and O–H groups in total. The normalized spacial score (nSPS) is 25.2. The van der Waals surface area contributed by atoms with Gasteiger partial charge >= 0.3 is 0 Å². The first kappa shape index (κ1) is 54.5. The summed E-state index contributed by atoms with van der Waals surface area (Å²) in [6, 6.07) is 51.9. The molecule has 0 aliphatic carbocycles. The molecule has 0 saturated carbocycles. The van der Waals surface area contributed by atoms with Crippen LogP contribution in [0.4, 0.5) is 0 Å². The number of nitrogens with zero attached hydrogens (tertiary/aromatic N) is 4. The number of hydrogen-bond donors (Lipinski definition) is 0. The largest absolute Gasteiger partial charge is 0.497 e. The maximum absolute atomic E-state index is 15.1. The first-order chi connectivity index (χ1) is 37.3. The predicted octanol–water partition coefficient (Wildman–Crippen LogP) is 10.1. The van der Waals surface area contributed by atoms with Crippen LogP contribution in [0.3, 0.4) is 0 Å². The molecule has 4 amide bonds. The molecular weight excluding hydrogens is 1040 g/mol. The number of benzene rings is 6. The molecule has 5 fully saturated rings. The van der Waals surface area contributed by atoms with Gasteiger partial charge in [-0.3, -0.25) is 19.2 Å². The SMILES string of the molecule is COc1ccc(C2SC3C(=O)N(C)C(Cc4ccc(CCc5ccc(CC67SC(c8ccc(OC)cc8)SC(COCc8ccccc8)(C(=O)N6C)N(C)C7=O)cc5)cc4)(S2)C(=O)N(C)C3COCc2ccccc2)cc1. The molecule has 5 heterocycles. The van der Waals surface area contributed by atoms with Crippen LogP contribution in [0.15, 0.2) is 158 Å². The summed E-state index contributed by atoms with van der Waals surface area (Å²) in [4.78, 5) is 62.6. The quantitative estimate of drug-likeness (QED) is 0.0769. The Bertz CT molecular complexity index is 3050. The zero-order chi connectivity index (χ0) is 53.9. The Morgan fingerprint density at radius 2 is 0.883 bits per heavy atom. The van der Waals surface area contributed by atoms with E-state index in [2.05, 4.69) is 48.5 Å². The molecule has 6 aromatic carbocycles. The Hall–Kier alpha value is -5.88. The molecule has 16 heteroatoms. The van der Waals surface area contributed by atoms with E-state index in [1.54, 1.807) is 66.7 Å². The number of fused-ring (bicyclic) bond motifs is 7. The summed E-state index contributed by atoms with van der Waals surface area (Å²) in [6.45, 7) is 0.941. The van der Waals surface area contributed by atoms with E-state index in [4.69, 9.17) is 18.9 Å². The van der Waals surface area contributed by atoms with Crippen molar-refractivity contribution in [3.05, 3.63) is 202 Å². The van der Waals surface area contributed by atoms with Gasteiger partial charge in [-0.1, -0.05) is 133 Å². The summed E-state index contributed by atoms with van der Waals surface area (Å²) in [5.41, 5.74) is 8.18. The van der Waals surface area contributed by atoms with Crippen molar-refractivity contribution in [1.82, 2.24) is 19.6 Å². The van der Waals surface area contributed by atoms with E-state index in [0.717, 1.165) is 68.8 Å². The van der Waals surface area contributed by atoms with Crippen LogP contribution in [0.25, 0.3) is 0 Å². The van der Waals surface area contributed by atoms with Crippen LogP contribution in [0, 0.1) is 0 Å². The Balaban J connectivity index is 0.843. The van der Waals surface area contributed by atoms with Crippen LogP contribution in [-0.2, 0) is 67.5 Å². The van der Waals surface area contributed by atoms with Gasteiger partial charge in [-0.15, -0.1) is 47.0 Å². The Kier molecular flexibility index (Phi) is 16.4. The second kappa shape index (κ2) is 23.2. The van der Waals surface area contributed by atoms with Gasteiger partial charge in [0.1, 0.15) is 16.7 Å². The molecule has 4 bridgehead atoms. The number of carbonyl (C=O) groups is 4. The van der Waals surface area contributed by atoms with Crippen molar-refractivity contribution in [2.45, 2.75) is 74.0 Å². The summed E-state index contributed by atoms with van der Waals surface area (Å²) in [7, 11) is 10.4. The second-order valence-electron chi connectivity index (χ2n) is 20.0. The average Bonchev–Trinajstić information content (AvgIpc) is 3.76. The number of piperazine rings is 1. The number of carbonyl (C=O) groups excluding carboxylic acids is 4. The van der Waals surface area contributed by atoms with Gasteiger partial charge < -0.3 is 38.5 Å². The molecule has 5 aliphatic rings. The molecule has 6 aromatic rings. The number of amides is 4. The first-order valence-electron chi connectivity index (χ1n) is 25.7. The molecule has 77 heavy (non-hydrogen) atoms. The second-order valence-corrected chi connectivity index (χ2v) is 26.0. The van der Waals surface area contributed by atoms with Crippen LogP contribution < -0.4 is 9.47 Å². The van der Waals surface area contributed by atoms with Crippen molar-refractivity contribution in [1.29, 1.82) is 0 Å². The molecule has 0 radical (unpaired) electrons. The number of methoxy groups -OCH3 is 2. The number of rotatable bonds is 19. The number of aryl methyl sites for hydroxylation is 2. The highest BCUT2D eigenvalue weighted by molar-refractivity contribution is 8.18. The van der Waals surface area contributed by atoms with Crippen molar-refractivity contribution in [3.63, 3.8) is 0 Å². The van der Waals surface area contributed by atoms with Crippen molar-refractivity contribution in [2.24, 2.45) is 0 Å². The van der Waals surface area contributed by atoms with E-state index in [1.165, 1.54) is 35.3 Å². The third-order valence-electron chi connectivity index (χ3n) is 15.4. The summed E-state index contributed by atoms with van der Waals surface area (Å²) in [5, 5.41) is -0.551. The smallest absolute Gasteiger partial charge is 0.262 e. The minimum absolute atomic E-state index is 0.0341. The number of hydrogen-bond acceptors (Lipinski definition) is 12. The van der Waals surface area contributed by atoms with Crippen LogP contribution in [0.1, 0.15) is 53.7 Å². The molecule has 11 rings (SSSR count). The van der Waals surface area contributed by atoms with Crippen molar-refractivity contribution in [3.8, 4) is 11.5 Å². The van der Waals surface area contributed by atoms with Gasteiger partial charge in [0.05, 0.1) is 55.9 Å². The lowest BCUT2D eigenvalue weighted by Crippen LogP contribution is -2.73. The Morgan fingerprint density at radius 3 is 1.40 bits per heavy atom. The first-order valence-corrected chi connectivity index (χ1v) is 29.3. The van der Waals surface area contributed by atoms with E-state index in [1.807, 2.05) is 116 Å². The highest BCUT2D eigenvalue weighted by atomic mass is 32.2. The van der Waals surface area contributed by atoms with Gasteiger partial charge in [0.15, 0.2) is 14.6 Å². The molecule has 5 saturated heterocycles. The van der Waals surface area contributed by atoms with E-state index >= 15 is 4.79 Å². The van der Waals surface area contributed by atoms with Gasteiger partial charge in [-0.05, 0) is 81.6 Å². The predicted molar refractivity (Wildman–Crippen MR) is 309 cm³/mol. The lowest BCUT2D eigenvalue weighted by molar-refractivity contribution is -0.166. The molecule has 5 aliphatic heterocycles. The van der Waals surface area contributed by atoms with Crippen molar-refractivity contribution >= 4 is 70.7 Å². The zero-order valence-corrected chi connectivity index (χ0v) is 47.4. The number of thioether (sulfide) groups is 4. The van der Waals surface area contributed by atoms with Crippen LogP contribution >= 0.6 is 47.0 Å². The maximum Gasteiger partial charge on any atom is 0.262 e. The fourth-order valence-electron chi connectivity index (χ4n) is 10.6. The van der Waals surface area contributed by atoms with Crippen LogP contribution in [0.2, 0.25) is 0 Å². The summed E-state index contributed by atoms with van der Waals surface area (Å²) >= 11 is 6.11. The standard InChI is InChI=1S/C61H64N4O8S4/c1-62-51(39-72-37-45-13-9-7-10-14-45)52-53(66)63(2)59(56(62)67,75-54(74-52)47-27-31-49(70-5)32-28-47)35-43-23-19-41(20-24-43)17-18-42-21-25-44(26-22-42)36-60-57(68)65(4)61(58(69)64(60)3,40-73-38-46-15-11-8-12-16-46)77-55(76-60)48-29-33-50(71-6)34-30-48/h7-16,19-34,51-52,54-55H,17-18,35-40H2,1-6H3. The van der Waals surface area contributed by atoms with Crippen LogP contribution in [-0.4, -0.2) is 125 Å². The maximum atomic E-state index is 15.1. The zero-order valence-electron chi connectivity index (χ0n) is 44.2. The summed E-state index contributed by atoms with van der Waals surface area (Å²) in [6.07, 6.45) is 2.19. The van der Waals surface area contributed by atoms with Gasteiger partial charge in [-0.2, -0.15) is 0 Å². The third-order valence-corrected chi connectivity index (χ3v) is 22.3. The molecule has 0 aromatic heterocycles.